The largest absolute Gasteiger partial charge is 0.416 e. The highest BCUT2D eigenvalue weighted by Crippen LogP contribution is 2.30. The highest BCUT2D eigenvalue weighted by atomic mass is 32.2. The molecule has 0 amide bonds. The first kappa shape index (κ1) is 17.0. The van der Waals surface area contributed by atoms with Crippen molar-refractivity contribution >= 4 is 9.84 Å². The van der Waals surface area contributed by atoms with Gasteiger partial charge < -0.3 is 5.32 Å². The van der Waals surface area contributed by atoms with Gasteiger partial charge in [-0.25, -0.2) is 8.42 Å². The SMILES string of the molecule is CNC(CS(=O)(=O)c1cccc(C(F)(F)F)c1)C(C)C. The van der Waals surface area contributed by atoms with Crippen molar-refractivity contribution in [2.24, 2.45) is 5.92 Å². The second-order valence-corrected chi connectivity index (χ2v) is 6.98. The van der Waals surface area contributed by atoms with Gasteiger partial charge in [-0.15, -0.1) is 0 Å². The maximum Gasteiger partial charge on any atom is 0.416 e. The van der Waals surface area contributed by atoms with Crippen LogP contribution in [0.5, 0.6) is 0 Å². The zero-order valence-electron chi connectivity index (χ0n) is 11.5. The Hall–Kier alpha value is -1.08. The number of halogens is 3. The van der Waals surface area contributed by atoms with Crippen molar-refractivity contribution in [3.8, 4) is 0 Å². The zero-order chi connectivity index (χ0) is 15.6. The zero-order valence-corrected chi connectivity index (χ0v) is 12.3. The quantitative estimate of drug-likeness (QED) is 0.909. The first-order valence-corrected chi connectivity index (χ1v) is 7.80. The van der Waals surface area contributed by atoms with Gasteiger partial charge in [-0.05, 0) is 31.2 Å². The molecule has 0 heterocycles. The molecule has 1 aromatic carbocycles. The minimum atomic E-state index is -4.55. The summed E-state index contributed by atoms with van der Waals surface area (Å²) in [4.78, 5) is -0.298. The monoisotopic (exact) mass is 309 g/mol. The van der Waals surface area contributed by atoms with Crippen LogP contribution < -0.4 is 5.32 Å². The van der Waals surface area contributed by atoms with Crippen LogP contribution >= 0.6 is 0 Å². The number of alkyl halides is 3. The first-order valence-electron chi connectivity index (χ1n) is 6.15. The smallest absolute Gasteiger partial charge is 0.316 e. The fourth-order valence-corrected chi connectivity index (χ4v) is 3.62. The molecule has 1 atom stereocenters. The lowest BCUT2D eigenvalue weighted by Gasteiger charge is -2.20. The fraction of sp³-hybridized carbons (Fsp3) is 0.538. The molecule has 0 aliphatic rings. The van der Waals surface area contributed by atoms with Crippen LogP contribution in [0.15, 0.2) is 29.2 Å². The summed E-state index contributed by atoms with van der Waals surface area (Å²) in [6.45, 7) is 3.70. The summed E-state index contributed by atoms with van der Waals surface area (Å²) in [5, 5.41) is 2.87. The van der Waals surface area contributed by atoms with Crippen molar-refractivity contribution in [3.63, 3.8) is 0 Å². The predicted molar refractivity (Wildman–Crippen MR) is 71.2 cm³/mol. The van der Waals surface area contributed by atoms with Gasteiger partial charge in [0, 0.05) is 6.04 Å². The average Bonchev–Trinajstić information content (AvgIpc) is 2.35. The molecule has 0 aliphatic heterocycles. The molecule has 0 aromatic heterocycles. The van der Waals surface area contributed by atoms with Crippen LogP contribution in [0.3, 0.4) is 0 Å². The second kappa shape index (κ2) is 6.13. The molecule has 1 N–H and O–H groups in total. The van der Waals surface area contributed by atoms with Crippen LogP contribution in [-0.2, 0) is 16.0 Å². The third-order valence-electron chi connectivity index (χ3n) is 3.09. The van der Waals surface area contributed by atoms with Gasteiger partial charge in [0.1, 0.15) is 0 Å². The van der Waals surface area contributed by atoms with Crippen molar-refractivity contribution in [2.45, 2.75) is 31.0 Å². The molecule has 0 fully saturated rings. The Labute approximate surface area is 117 Å². The van der Waals surface area contributed by atoms with Crippen molar-refractivity contribution in [2.75, 3.05) is 12.8 Å². The topological polar surface area (TPSA) is 46.2 Å². The van der Waals surface area contributed by atoms with Gasteiger partial charge in [-0.2, -0.15) is 13.2 Å². The highest BCUT2D eigenvalue weighted by Gasteiger charge is 2.32. The van der Waals surface area contributed by atoms with E-state index in [1.807, 2.05) is 13.8 Å². The predicted octanol–water partition coefficient (Wildman–Crippen LogP) is 2.72. The third-order valence-corrected chi connectivity index (χ3v) is 4.87. The number of hydrogen-bond acceptors (Lipinski definition) is 3. The molecule has 114 valence electrons. The summed E-state index contributed by atoms with van der Waals surface area (Å²) in [6, 6.07) is 3.53. The number of rotatable bonds is 5. The van der Waals surface area contributed by atoms with E-state index in [9.17, 15) is 21.6 Å². The maximum absolute atomic E-state index is 12.6. The molecule has 0 radical (unpaired) electrons. The molecule has 1 rings (SSSR count). The Bertz CT molecular complexity index is 553. The number of sulfone groups is 1. The minimum absolute atomic E-state index is 0.0561. The van der Waals surface area contributed by atoms with Gasteiger partial charge in [0.25, 0.3) is 0 Å². The molecule has 3 nitrogen and oxygen atoms in total. The van der Waals surface area contributed by atoms with E-state index in [0.717, 1.165) is 12.1 Å². The molecule has 7 heteroatoms. The molecular formula is C13H18F3NO2S. The van der Waals surface area contributed by atoms with E-state index in [1.54, 1.807) is 7.05 Å². The molecule has 20 heavy (non-hydrogen) atoms. The lowest BCUT2D eigenvalue weighted by molar-refractivity contribution is -0.137. The van der Waals surface area contributed by atoms with Crippen molar-refractivity contribution in [3.05, 3.63) is 29.8 Å². The van der Waals surface area contributed by atoms with Crippen LogP contribution in [0.25, 0.3) is 0 Å². The van der Waals surface area contributed by atoms with Crippen molar-refractivity contribution in [1.82, 2.24) is 5.32 Å². The lowest BCUT2D eigenvalue weighted by atomic mass is 10.1. The van der Waals surface area contributed by atoms with E-state index >= 15 is 0 Å². The number of nitrogens with one attached hydrogen (secondary N) is 1. The van der Waals surface area contributed by atoms with Gasteiger partial charge in [0.05, 0.1) is 16.2 Å². The van der Waals surface area contributed by atoms with E-state index in [2.05, 4.69) is 5.32 Å². The normalized spacial score (nSPS) is 14.6. The van der Waals surface area contributed by atoms with E-state index in [1.165, 1.54) is 6.07 Å². The molecule has 1 unspecified atom stereocenters. The van der Waals surface area contributed by atoms with Crippen LogP contribution in [0.2, 0.25) is 0 Å². The Balaban J connectivity index is 3.10. The van der Waals surface area contributed by atoms with Crippen molar-refractivity contribution < 1.29 is 21.6 Å². The molecule has 1 aromatic rings. The Morgan fingerprint density at radius 2 is 1.85 bits per heavy atom. The number of hydrogen-bond donors (Lipinski definition) is 1. The summed E-state index contributed by atoms with van der Waals surface area (Å²) in [7, 11) is -2.13. The Morgan fingerprint density at radius 1 is 1.25 bits per heavy atom. The summed E-state index contributed by atoms with van der Waals surface area (Å²) in [6.07, 6.45) is -4.55. The van der Waals surface area contributed by atoms with Gasteiger partial charge in [0.2, 0.25) is 0 Å². The van der Waals surface area contributed by atoms with E-state index in [-0.39, 0.29) is 22.6 Å². The number of benzene rings is 1. The fourth-order valence-electron chi connectivity index (χ4n) is 1.81. The summed E-state index contributed by atoms with van der Waals surface area (Å²) >= 11 is 0. The first-order chi connectivity index (χ1) is 9.08. The molecule has 0 bridgehead atoms. The van der Waals surface area contributed by atoms with Gasteiger partial charge in [-0.1, -0.05) is 19.9 Å². The molecule has 0 saturated carbocycles. The third kappa shape index (κ3) is 4.21. The van der Waals surface area contributed by atoms with Crippen LogP contribution in [0, 0.1) is 5.92 Å². The lowest BCUT2D eigenvalue weighted by Crippen LogP contribution is -2.37. The molecule has 0 saturated heterocycles. The maximum atomic E-state index is 12.6. The average molecular weight is 309 g/mol. The van der Waals surface area contributed by atoms with E-state index in [4.69, 9.17) is 0 Å². The van der Waals surface area contributed by atoms with Gasteiger partial charge in [-0.3, -0.25) is 0 Å². The van der Waals surface area contributed by atoms with Crippen LogP contribution in [-0.4, -0.2) is 27.3 Å². The molecular weight excluding hydrogens is 291 g/mol. The second-order valence-electron chi connectivity index (χ2n) is 4.95. The van der Waals surface area contributed by atoms with E-state index < -0.39 is 21.6 Å². The molecule has 0 aliphatic carbocycles. The van der Waals surface area contributed by atoms with Crippen LogP contribution in [0.1, 0.15) is 19.4 Å². The Morgan fingerprint density at radius 3 is 2.30 bits per heavy atom. The summed E-state index contributed by atoms with van der Waals surface area (Å²) < 4.78 is 62.2. The Kier molecular flexibility index (Phi) is 5.21. The standard InChI is InChI=1S/C13H18F3NO2S/c1-9(2)12(17-3)8-20(18,19)11-6-4-5-10(7-11)13(14,15)16/h4-7,9,12,17H,8H2,1-3H3. The van der Waals surface area contributed by atoms with Gasteiger partial charge in [0.15, 0.2) is 9.84 Å². The van der Waals surface area contributed by atoms with Gasteiger partial charge >= 0.3 is 6.18 Å². The van der Waals surface area contributed by atoms with Crippen LogP contribution in [0.4, 0.5) is 13.2 Å². The molecule has 0 spiro atoms. The van der Waals surface area contributed by atoms with Crippen molar-refractivity contribution in [1.29, 1.82) is 0 Å². The highest BCUT2D eigenvalue weighted by molar-refractivity contribution is 7.91. The summed E-state index contributed by atoms with van der Waals surface area (Å²) in [5.74, 6) is -0.178. The minimum Gasteiger partial charge on any atom is -0.316 e. The van der Waals surface area contributed by atoms with E-state index in [0.29, 0.717) is 6.07 Å². The summed E-state index contributed by atoms with van der Waals surface area (Å²) in [5.41, 5.74) is -0.955.